The van der Waals surface area contributed by atoms with Gasteiger partial charge in [-0.1, -0.05) is 220 Å². The van der Waals surface area contributed by atoms with Crippen molar-refractivity contribution in [2.45, 2.75) is 50.9 Å². The summed E-state index contributed by atoms with van der Waals surface area (Å²) < 4.78 is 0. The number of benzene rings is 10. The third-order valence-corrected chi connectivity index (χ3v) is 17.0. The van der Waals surface area contributed by atoms with Crippen LogP contribution in [0.25, 0.3) is 72.0 Å². The van der Waals surface area contributed by atoms with Gasteiger partial charge in [-0.3, -0.25) is 0 Å². The first-order chi connectivity index (χ1) is 37.1. The van der Waals surface area contributed by atoms with E-state index in [9.17, 15) is 0 Å². The van der Waals surface area contributed by atoms with Crippen molar-refractivity contribution in [3.8, 4) is 55.6 Å². The summed E-state index contributed by atoms with van der Waals surface area (Å²) >= 11 is 0. The normalized spacial score (nSPS) is 16.6. The van der Waals surface area contributed by atoms with Crippen molar-refractivity contribution in [3.05, 3.63) is 321 Å². The highest BCUT2D eigenvalue weighted by Gasteiger charge is 2.60. The zero-order valence-electron chi connectivity index (χ0n) is 42.8. The second kappa shape index (κ2) is 17.7. The molecule has 5 aliphatic rings. The van der Waals surface area contributed by atoms with Gasteiger partial charge in [0.05, 0.1) is 10.8 Å². The van der Waals surface area contributed by atoms with E-state index < -0.39 is 10.8 Å². The van der Waals surface area contributed by atoms with Crippen LogP contribution in [0.3, 0.4) is 0 Å². The number of allylic oxidation sites excluding steroid dienone is 7. The predicted molar refractivity (Wildman–Crippen MR) is 315 cm³/mol. The van der Waals surface area contributed by atoms with E-state index in [2.05, 4.69) is 261 Å². The van der Waals surface area contributed by atoms with E-state index in [0.29, 0.717) is 0 Å². The van der Waals surface area contributed by atoms with Crippen molar-refractivity contribution in [1.29, 1.82) is 0 Å². The van der Waals surface area contributed by atoms with Gasteiger partial charge >= 0.3 is 0 Å². The molecule has 0 nitrogen and oxygen atoms in total. The average Bonchev–Trinajstić information content (AvgIpc) is 4.39. The summed E-state index contributed by atoms with van der Waals surface area (Å²) in [6, 6.07) is 84.9. The third kappa shape index (κ3) is 6.63. The molecule has 1 atom stereocenters. The fourth-order valence-electron chi connectivity index (χ4n) is 14.0. The van der Waals surface area contributed by atoms with Crippen LogP contribution in [0.5, 0.6) is 0 Å². The maximum atomic E-state index is 3.64. The van der Waals surface area contributed by atoms with Crippen LogP contribution in [0.4, 0.5) is 0 Å². The molecular formula is C75H56. The Labute approximate surface area is 441 Å². The van der Waals surface area contributed by atoms with Crippen LogP contribution in [-0.4, -0.2) is 0 Å². The van der Waals surface area contributed by atoms with Crippen molar-refractivity contribution in [2.24, 2.45) is 0 Å². The molecule has 2 spiro atoms. The zero-order valence-corrected chi connectivity index (χ0v) is 42.8. The Morgan fingerprint density at radius 3 is 1.61 bits per heavy atom. The molecule has 0 heterocycles. The molecule has 5 aliphatic carbocycles. The molecule has 1 unspecified atom stereocenters. The number of rotatable bonds is 6. The van der Waals surface area contributed by atoms with E-state index in [1.807, 2.05) is 13.8 Å². The highest BCUT2D eigenvalue weighted by molar-refractivity contribution is 5.99. The summed E-state index contributed by atoms with van der Waals surface area (Å²) in [5.41, 5.74) is 33.1. The molecule has 0 aliphatic heterocycles. The second-order valence-electron chi connectivity index (χ2n) is 20.7. The van der Waals surface area contributed by atoms with Gasteiger partial charge in [0.15, 0.2) is 0 Å². The molecule has 75 heavy (non-hydrogen) atoms. The minimum Gasteiger partial charge on any atom is -0.120 e. The summed E-state index contributed by atoms with van der Waals surface area (Å²) in [7, 11) is 0. The first-order valence-corrected chi connectivity index (χ1v) is 27.0. The number of fused-ring (bicyclic) bond motifs is 15. The van der Waals surface area contributed by atoms with Crippen molar-refractivity contribution in [2.75, 3.05) is 0 Å². The van der Waals surface area contributed by atoms with E-state index >= 15 is 0 Å². The molecule has 15 rings (SSSR count). The van der Waals surface area contributed by atoms with Gasteiger partial charge in [-0.05, 0) is 207 Å². The van der Waals surface area contributed by atoms with E-state index in [1.54, 1.807) is 0 Å². The molecule has 0 radical (unpaired) electrons. The summed E-state index contributed by atoms with van der Waals surface area (Å²) in [5, 5.41) is 2.51. The molecule has 0 heteroatoms. The molecule has 0 aromatic heterocycles. The Balaban J connectivity index is 0.00000255. The molecule has 356 valence electrons. The quantitative estimate of drug-likeness (QED) is 0.146. The second-order valence-corrected chi connectivity index (χ2v) is 20.7. The van der Waals surface area contributed by atoms with E-state index in [-0.39, 0.29) is 0 Å². The van der Waals surface area contributed by atoms with E-state index in [0.717, 1.165) is 19.3 Å². The van der Waals surface area contributed by atoms with Crippen molar-refractivity contribution in [1.82, 2.24) is 0 Å². The number of hydrogen-bond donors (Lipinski definition) is 0. The molecule has 0 N–H and O–H groups in total. The molecule has 0 fully saturated rings. The zero-order chi connectivity index (χ0) is 50.3. The van der Waals surface area contributed by atoms with Crippen LogP contribution in [0.2, 0.25) is 0 Å². The van der Waals surface area contributed by atoms with Gasteiger partial charge in [0.2, 0.25) is 0 Å². The lowest BCUT2D eigenvalue weighted by Gasteiger charge is -2.51. The topological polar surface area (TPSA) is 0 Å². The van der Waals surface area contributed by atoms with Crippen LogP contribution < -0.4 is 0 Å². The smallest absolute Gasteiger partial charge is 0.0716 e. The lowest BCUT2D eigenvalue weighted by Crippen LogP contribution is -2.45. The van der Waals surface area contributed by atoms with Crippen molar-refractivity contribution < 1.29 is 0 Å². The van der Waals surface area contributed by atoms with Crippen LogP contribution >= 0.6 is 0 Å². The van der Waals surface area contributed by atoms with Crippen molar-refractivity contribution in [3.63, 3.8) is 0 Å². The maximum absolute atomic E-state index is 3.64. The monoisotopic (exact) mass is 956 g/mol. The minimum atomic E-state index is -0.486. The fraction of sp³-hybridized carbons (Fsp3) is 0.107. The first kappa shape index (κ1) is 44.9. The van der Waals surface area contributed by atoms with Crippen LogP contribution in [0, 0.1) is 6.92 Å². The maximum Gasteiger partial charge on any atom is 0.0716 e. The Hall–Kier alpha value is -8.80. The predicted octanol–water partition coefficient (Wildman–Crippen LogP) is 19.2. The molecule has 0 saturated carbocycles. The van der Waals surface area contributed by atoms with Gasteiger partial charge in [-0.2, -0.15) is 0 Å². The van der Waals surface area contributed by atoms with Gasteiger partial charge in [-0.25, -0.2) is 0 Å². The van der Waals surface area contributed by atoms with Crippen LogP contribution in [0.1, 0.15) is 76.8 Å². The third-order valence-electron chi connectivity index (χ3n) is 17.0. The Morgan fingerprint density at radius 2 is 0.947 bits per heavy atom. The lowest BCUT2D eigenvalue weighted by molar-refractivity contribution is 0.587. The highest BCUT2D eigenvalue weighted by Crippen LogP contribution is 2.69. The largest absolute Gasteiger partial charge is 0.120 e. The minimum absolute atomic E-state index is 0.484. The van der Waals surface area contributed by atoms with Crippen molar-refractivity contribution >= 4 is 16.3 Å². The Kier molecular flexibility index (Phi) is 10.6. The Bertz CT molecular complexity index is 4040. The van der Waals surface area contributed by atoms with Gasteiger partial charge in [0, 0.05) is 0 Å². The lowest BCUT2D eigenvalue weighted by atomic mass is 9.50. The summed E-state index contributed by atoms with van der Waals surface area (Å²) in [5.74, 6) is 0. The standard InChI is InChI=1S/C73H50.C2H6/c1-47-38-70-71(73(66-34-15-12-30-60(66)61-31-19-37-67(61)73)69-36-17-16-35-68(69)72(70)64-32-13-10-28-58(64)59-29-11-14-33-65(59)72)46-62(47)63-45-53-26-9-8-25-52(53)41-57(63)40-48-20-18-27-51(39-48)56-43-54(49-21-4-2-5-22-49)42-55(44-56)50-23-6-3-7-24-50;1-2/h2-16,18,20-35,37-39,41-46H,17,36,40H2,1H3;1-2H3. The first-order valence-electron chi connectivity index (χ1n) is 27.0. The summed E-state index contributed by atoms with van der Waals surface area (Å²) in [6.45, 7) is 6.37. The molecule has 0 bridgehead atoms. The van der Waals surface area contributed by atoms with E-state index in [1.165, 1.54) is 139 Å². The Morgan fingerprint density at radius 1 is 0.400 bits per heavy atom. The molecular weight excluding hydrogens is 901 g/mol. The van der Waals surface area contributed by atoms with E-state index in [4.69, 9.17) is 0 Å². The fourth-order valence-corrected chi connectivity index (χ4v) is 14.0. The van der Waals surface area contributed by atoms with Crippen LogP contribution in [-0.2, 0) is 17.3 Å². The summed E-state index contributed by atoms with van der Waals surface area (Å²) in [4.78, 5) is 0. The van der Waals surface area contributed by atoms with Gasteiger partial charge in [0.1, 0.15) is 0 Å². The number of hydrogen-bond acceptors (Lipinski definition) is 0. The molecule has 10 aromatic carbocycles. The van der Waals surface area contributed by atoms with Crippen LogP contribution in [0.15, 0.2) is 271 Å². The summed E-state index contributed by atoms with van der Waals surface area (Å²) in [6.07, 6.45) is 12.3. The highest BCUT2D eigenvalue weighted by atomic mass is 14.6. The average molecular weight is 957 g/mol. The molecule has 0 saturated heterocycles. The van der Waals surface area contributed by atoms with Gasteiger partial charge in [0.25, 0.3) is 0 Å². The molecule has 0 amide bonds. The SMILES string of the molecule is CC.Cc1cc2c(cc1-c1cc3ccccc3cc1Cc1cccc(-c3cc(-c4ccccc4)cc(-c4ccccc4)c3)c1)C1(C3=C(C=C=C3)c3ccccc31)C1=C(C=CCC1)C21c2ccccc2-c2ccccc21. The molecule has 10 aromatic rings. The van der Waals surface area contributed by atoms with Gasteiger partial charge in [-0.15, -0.1) is 5.73 Å². The number of aryl methyl sites for hydroxylation is 1. The van der Waals surface area contributed by atoms with Gasteiger partial charge < -0.3 is 0 Å².